The molecule has 1 aliphatic rings. The predicted octanol–water partition coefficient (Wildman–Crippen LogP) is -3.71. The fraction of sp³-hybridized carbons (Fsp3) is 0.778. The Hall–Kier alpha value is -0.930. The highest BCUT2D eigenvalue weighted by atomic mass is 35.7. The first-order valence-corrected chi connectivity index (χ1v) is 6.16. The Morgan fingerprint density at radius 1 is 1.50 bits per heavy atom. The van der Waals surface area contributed by atoms with E-state index in [1.165, 1.54) is 6.92 Å². The first-order valence-electron chi connectivity index (χ1n) is 4.90. The lowest BCUT2D eigenvalue weighted by molar-refractivity contribution is -1.92. The van der Waals surface area contributed by atoms with Gasteiger partial charge in [-0.25, -0.2) is 0 Å². The van der Waals surface area contributed by atoms with E-state index in [0.29, 0.717) is 6.54 Å². The van der Waals surface area contributed by atoms with Crippen LogP contribution in [0.1, 0.15) is 20.8 Å². The molecule has 0 saturated carbocycles. The molecular weight excluding hydrogens is 270 g/mol. The largest absolute Gasteiger partial charge is 0.452 e. The molecule has 0 radical (unpaired) electrons. The Labute approximate surface area is 106 Å². The number of amides is 1. The van der Waals surface area contributed by atoms with Crippen LogP contribution in [-0.4, -0.2) is 41.1 Å². The van der Waals surface area contributed by atoms with Crippen molar-refractivity contribution in [3.05, 3.63) is 0 Å². The summed E-state index contributed by atoms with van der Waals surface area (Å²) in [5.74, 6) is -0.512. The monoisotopic (exact) mass is 285 g/mol. The molecule has 0 aromatic heterocycles. The molecule has 1 rings (SSSR count). The van der Waals surface area contributed by atoms with Crippen molar-refractivity contribution in [2.45, 2.75) is 26.9 Å². The quantitative estimate of drug-likeness (QED) is 0.489. The van der Waals surface area contributed by atoms with Gasteiger partial charge in [0.05, 0.1) is 14.9 Å². The smallest absolute Gasteiger partial charge is 0.303 e. The zero-order valence-corrected chi connectivity index (χ0v) is 11.3. The molecule has 1 amide bonds. The highest BCUT2D eigenvalue weighted by molar-refractivity contribution is 5.86. The number of carbonyl (C=O) groups is 2. The molecule has 18 heavy (non-hydrogen) atoms. The maximum Gasteiger partial charge on any atom is 0.303 e. The minimum Gasteiger partial charge on any atom is -0.452 e. The van der Waals surface area contributed by atoms with Crippen LogP contribution in [0.5, 0.6) is 0 Å². The minimum atomic E-state index is -4.69. The summed E-state index contributed by atoms with van der Waals surface area (Å²) in [5.41, 5.74) is -0.280. The summed E-state index contributed by atoms with van der Waals surface area (Å²) in [6.07, 6.45) is -0.616. The van der Waals surface area contributed by atoms with Gasteiger partial charge in [-0.2, -0.15) is 14.0 Å². The van der Waals surface area contributed by atoms with Crippen molar-refractivity contribution >= 4 is 11.9 Å². The number of nitrogens with zero attached hydrogens (tertiary/aromatic N) is 1. The SMILES string of the molecule is CC(=O)O[C@H]1C(=O)N(C)CC1(C)C.[O-][Cl+3]([O-])([O-])O. The van der Waals surface area contributed by atoms with Crippen LogP contribution in [-0.2, 0) is 14.3 Å². The zero-order valence-electron chi connectivity index (χ0n) is 10.5. The van der Waals surface area contributed by atoms with Crippen LogP contribution in [0.4, 0.5) is 0 Å². The lowest BCUT2D eigenvalue weighted by Gasteiger charge is -2.22. The first kappa shape index (κ1) is 17.1. The summed E-state index contributed by atoms with van der Waals surface area (Å²) in [4.78, 5) is 23.8. The molecule has 1 saturated heterocycles. The van der Waals surface area contributed by atoms with Gasteiger partial charge in [-0.1, -0.05) is 13.8 Å². The lowest BCUT2D eigenvalue weighted by Crippen LogP contribution is -2.58. The summed E-state index contributed by atoms with van der Waals surface area (Å²) >= 11 is 0. The minimum absolute atomic E-state index is 0.111. The van der Waals surface area contributed by atoms with E-state index in [-0.39, 0.29) is 11.3 Å². The maximum absolute atomic E-state index is 11.5. The number of carbonyl (C=O) groups excluding carboxylic acids is 2. The number of likely N-dealkylation sites (N-methyl/N-ethyl adjacent to an activating group) is 1. The molecule has 0 spiro atoms. The van der Waals surface area contributed by atoms with Gasteiger partial charge in [0.15, 0.2) is 6.10 Å². The fourth-order valence-corrected chi connectivity index (χ4v) is 1.68. The third-order valence-electron chi connectivity index (χ3n) is 2.24. The number of rotatable bonds is 1. The third-order valence-corrected chi connectivity index (χ3v) is 2.24. The van der Waals surface area contributed by atoms with Crippen LogP contribution in [0.25, 0.3) is 0 Å². The molecule has 0 aliphatic carbocycles. The Bertz CT molecular complexity index is 319. The number of halogens is 1. The number of hydrogen-bond donors (Lipinski definition) is 1. The van der Waals surface area contributed by atoms with E-state index < -0.39 is 22.3 Å². The molecule has 1 fully saturated rings. The standard InChI is InChI=1S/C9H15NO3.ClHO4/c1-6(11)13-7-8(12)10(4)5-9(7,2)3;2-1(3,4)5/h7H,5H2,1-4H3;(H,2,3,4,5)/t7-;/m0./s1. The number of esters is 1. The zero-order chi connectivity index (χ0) is 14.7. The van der Waals surface area contributed by atoms with Crippen LogP contribution < -0.4 is 14.0 Å². The normalized spacial score (nSPS) is 22.3. The van der Waals surface area contributed by atoms with Gasteiger partial charge >= 0.3 is 5.97 Å². The predicted molar refractivity (Wildman–Crippen MR) is 49.2 cm³/mol. The molecule has 0 aromatic rings. The van der Waals surface area contributed by atoms with Crippen LogP contribution in [0.2, 0.25) is 0 Å². The van der Waals surface area contributed by atoms with Crippen molar-refractivity contribution in [1.29, 1.82) is 0 Å². The summed E-state index contributed by atoms with van der Waals surface area (Å²) in [6.45, 7) is 5.79. The number of hydrogen-bond acceptors (Lipinski definition) is 7. The molecule has 1 N–H and O–H groups in total. The second-order valence-corrected chi connectivity index (χ2v) is 5.36. The molecule has 1 heterocycles. The fourth-order valence-electron chi connectivity index (χ4n) is 1.68. The number of likely N-dealkylation sites (tertiary alicyclic amines) is 1. The van der Waals surface area contributed by atoms with E-state index in [2.05, 4.69) is 0 Å². The highest BCUT2D eigenvalue weighted by Gasteiger charge is 2.46. The maximum atomic E-state index is 11.5. The van der Waals surface area contributed by atoms with E-state index >= 15 is 0 Å². The second kappa shape index (κ2) is 5.81. The Morgan fingerprint density at radius 3 is 2.11 bits per heavy atom. The molecule has 0 bridgehead atoms. The molecular formula is C9H16ClNO7. The lowest BCUT2D eigenvalue weighted by atomic mass is 9.90. The van der Waals surface area contributed by atoms with Crippen molar-refractivity contribution in [2.75, 3.05) is 13.6 Å². The summed E-state index contributed by atoms with van der Waals surface area (Å²) in [7, 11) is -2.98. The van der Waals surface area contributed by atoms with Crippen molar-refractivity contribution in [3.8, 4) is 0 Å². The van der Waals surface area contributed by atoms with Gasteiger partial charge in [-0.05, 0) is 0 Å². The van der Waals surface area contributed by atoms with Gasteiger partial charge in [0.2, 0.25) is 0 Å². The summed E-state index contributed by atoms with van der Waals surface area (Å²) < 4.78 is 37.7. The van der Waals surface area contributed by atoms with E-state index in [9.17, 15) is 9.59 Å². The van der Waals surface area contributed by atoms with Gasteiger partial charge in [0.25, 0.3) is 5.91 Å². The topological polar surface area (TPSA) is 136 Å². The summed E-state index contributed by atoms with van der Waals surface area (Å²) in [5, 5.41) is 0. The van der Waals surface area contributed by atoms with Gasteiger partial charge in [0.1, 0.15) is 0 Å². The average molecular weight is 286 g/mol. The molecule has 106 valence electrons. The van der Waals surface area contributed by atoms with Crippen LogP contribution in [0, 0.1) is 15.7 Å². The molecule has 0 aromatic carbocycles. The van der Waals surface area contributed by atoms with E-state index in [1.807, 2.05) is 13.8 Å². The van der Waals surface area contributed by atoms with Gasteiger partial charge in [0, 0.05) is 25.9 Å². The van der Waals surface area contributed by atoms with Crippen molar-refractivity contribution in [1.82, 2.24) is 4.90 Å². The van der Waals surface area contributed by atoms with Crippen LogP contribution in [0.15, 0.2) is 0 Å². The second-order valence-electron chi connectivity index (χ2n) is 4.57. The molecule has 1 atom stereocenters. The molecule has 0 unspecified atom stereocenters. The Morgan fingerprint density at radius 2 is 1.89 bits per heavy atom. The molecule has 8 nitrogen and oxygen atoms in total. The molecule has 1 aliphatic heterocycles. The average Bonchev–Trinajstić information content (AvgIpc) is 2.24. The molecule has 9 heteroatoms. The van der Waals surface area contributed by atoms with Gasteiger partial charge in [-0.15, -0.1) is 0 Å². The van der Waals surface area contributed by atoms with Crippen molar-refractivity contribution in [3.63, 3.8) is 0 Å². The third kappa shape index (κ3) is 6.12. The Kier molecular flexibility index (Phi) is 5.51. The first-order chi connectivity index (χ1) is 7.84. The van der Waals surface area contributed by atoms with Crippen LogP contribution >= 0.6 is 0 Å². The van der Waals surface area contributed by atoms with Gasteiger partial charge < -0.3 is 9.64 Å². The number of ether oxygens (including phenoxy) is 1. The highest BCUT2D eigenvalue weighted by Crippen LogP contribution is 2.31. The van der Waals surface area contributed by atoms with Crippen molar-refractivity contribution < 1.29 is 43.2 Å². The van der Waals surface area contributed by atoms with E-state index in [1.54, 1.807) is 11.9 Å². The van der Waals surface area contributed by atoms with Crippen molar-refractivity contribution in [2.24, 2.45) is 5.41 Å². The van der Waals surface area contributed by atoms with E-state index in [0.717, 1.165) is 0 Å². The van der Waals surface area contributed by atoms with Gasteiger partial charge in [-0.3, -0.25) is 9.59 Å². The van der Waals surface area contributed by atoms with E-state index in [4.69, 9.17) is 23.4 Å². The van der Waals surface area contributed by atoms with Crippen LogP contribution in [0.3, 0.4) is 0 Å². The Balaban J connectivity index is 0.000000494. The summed E-state index contributed by atoms with van der Waals surface area (Å²) in [6, 6.07) is 0.